The fraction of sp³-hybridized carbons (Fsp3) is 0.194. The molecule has 39 heavy (non-hydrogen) atoms. The molecule has 0 fully saturated rings. The summed E-state index contributed by atoms with van der Waals surface area (Å²) in [6.07, 6.45) is 8.65. The lowest BCUT2D eigenvalue weighted by atomic mass is 9.99. The molecular weight excluding hydrogens is 494 g/mol. The minimum atomic E-state index is -1.03. The molecule has 0 aliphatic carbocycles. The number of aromatic carboxylic acids is 1. The molecule has 0 amide bonds. The van der Waals surface area contributed by atoms with Gasteiger partial charge in [-0.3, -0.25) is 4.79 Å². The zero-order valence-corrected chi connectivity index (χ0v) is 22.6. The number of para-hydroxylation sites is 1. The van der Waals surface area contributed by atoms with E-state index in [2.05, 4.69) is 17.0 Å². The molecule has 4 aromatic rings. The SMILES string of the molecule is C=C/C=C(\C(=C/C)OC)n1cc(-c2oc3c(C(C)Nc4ccccc4C(=O)O)cc(C)cc3c(=O)c2C)cn1. The number of aryl methyl sites for hydroxylation is 1. The minimum Gasteiger partial charge on any atom is -0.495 e. The molecule has 0 saturated heterocycles. The van der Waals surface area contributed by atoms with Crippen molar-refractivity contribution >= 4 is 28.3 Å². The van der Waals surface area contributed by atoms with Crippen molar-refractivity contribution < 1.29 is 19.1 Å². The molecule has 8 nitrogen and oxygen atoms in total. The highest BCUT2D eigenvalue weighted by Gasteiger charge is 2.21. The van der Waals surface area contributed by atoms with Gasteiger partial charge in [0.1, 0.15) is 22.8 Å². The van der Waals surface area contributed by atoms with Gasteiger partial charge >= 0.3 is 5.97 Å². The van der Waals surface area contributed by atoms with Gasteiger partial charge in [-0.15, -0.1) is 0 Å². The largest absolute Gasteiger partial charge is 0.495 e. The number of carboxylic acids is 1. The Hall–Kier alpha value is -4.85. The van der Waals surface area contributed by atoms with Crippen LogP contribution in [0.15, 0.2) is 88.6 Å². The first-order valence-corrected chi connectivity index (χ1v) is 12.5. The van der Waals surface area contributed by atoms with E-state index in [0.29, 0.717) is 45.0 Å². The van der Waals surface area contributed by atoms with Gasteiger partial charge < -0.3 is 19.6 Å². The van der Waals surface area contributed by atoms with Crippen molar-refractivity contribution in [2.75, 3.05) is 12.4 Å². The molecule has 0 radical (unpaired) electrons. The fourth-order valence-corrected chi connectivity index (χ4v) is 4.60. The third kappa shape index (κ3) is 5.27. The number of ether oxygens (including phenoxy) is 1. The number of aromatic nitrogens is 2. The van der Waals surface area contributed by atoms with Crippen molar-refractivity contribution in [2.45, 2.75) is 33.7 Å². The molecule has 8 heteroatoms. The van der Waals surface area contributed by atoms with E-state index in [9.17, 15) is 14.7 Å². The van der Waals surface area contributed by atoms with Crippen LogP contribution in [0, 0.1) is 13.8 Å². The van der Waals surface area contributed by atoms with Crippen LogP contribution in [-0.2, 0) is 4.74 Å². The molecule has 0 aliphatic rings. The van der Waals surface area contributed by atoms with E-state index < -0.39 is 5.97 Å². The van der Waals surface area contributed by atoms with Crippen molar-refractivity contribution in [2.24, 2.45) is 0 Å². The molecule has 2 aromatic heterocycles. The summed E-state index contributed by atoms with van der Waals surface area (Å²) in [5, 5.41) is 17.8. The quantitative estimate of drug-likeness (QED) is 0.184. The molecular formula is C31H31N3O5. The average Bonchev–Trinajstić information content (AvgIpc) is 3.40. The summed E-state index contributed by atoms with van der Waals surface area (Å²) in [6, 6.07) is 10.1. The van der Waals surface area contributed by atoms with Gasteiger partial charge in [-0.25, -0.2) is 9.48 Å². The number of hydrogen-bond donors (Lipinski definition) is 2. The average molecular weight is 526 g/mol. The number of nitrogens with one attached hydrogen (secondary N) is 1. The van der Waals surface area contributed by atoms with E-state index in [0.717, 1.165) is 11.1 Å². The topological polar surface area (TPSA) is 107 Å². The lowest BCUT2D eigenvalue weighted by molar-refractivity contribution is 0.0698. The van der Waals surface area contributed by atoms with Gasteiger partial charge in [0, 0.05) is 23.0 Å². The molecule has 0 bridgehead atoms. The smallest absolute Gasteiger partial charge is 0.337 e. The molecule has 1 atom stereocenters. The van der Waals surface area contributed by atoms with Crippen molar-refractivity contribution in [3.05, 3.63) is 112 Å². The van der Waals surface area contributed by atoms with E-state index in [1.807, 2.05) is 39.0 Å². The maximum Gasteiger partial charge on any atom is 0.337 e. The molecule has 0 saturated carbocycles. The molecule has 1 unspecified atom stereocenters. The van der Waals surface area contributed by atoms with E-state index in [1.54, 1.807) is 67.5 Å². The van der Waals surface area contributed by atoms with E-state index in [-0.39, 0.29) is 17.0 Å². The summed E-state index contributed by atoms with van der Waals surface area (Å²) in [5.41, 5.74) is 4.30. The second-order valence-corrected chi connectivity index (χ2v) is 9.15. The summed E-state index contributed by atoms with van der Waals surface area (Å²) in [5.74, 6) is -0.0137. The number of rotatable bonds is 9. The number of fused-ring (bicyclic) bond motifs is 1. The van der Waals surface area contributed by atoms with Crippen LogP contribution in [0.4, 0.5) is 5.69 Å². The molecule has 200 valence electrons. The van der Waals surface area contributed by atoms with Crippen molar-refractivity contribution in [3.8, 4) is 11.3 Å². The molecule has 0 aliphatic heterocycles. The summed E-state index contributed by atoms with van der Waals surface area (Å²) in [7, 11) is 1.58. The number of benzene rings is 2. The van der Waals surface area contributed by atoms with Crippen LogP contribution in [0.5, 0.6) is 0 Å². The molecule has 4 rings (SSSR count). The second kappa shape index (κ2) is 11.3. The van der Waals surface area contributed by atoms with Crippen LogP contribution >= 0.6 is 0 Å². The number of carboxylic acid groups (broad SMARTS) is 1. The van der Waals surface area contributed by atoms with Gasteiger partial charge in [-0.2, -0.15) is 5.10 Å². The normalized spacial score (nSPS) is 12.8. The monoisotopic (exact) mass is 525 g/mol. The summed E-state index contributed by atoms with van der Waals surface area (Å²) in [6.45, 7) is 11.2. The third-order valence-electron chi connectivity index (χ3n) is 6.49. The standard InChI is InChI=1S/C31H31N3O5/c1-7-11-26(27(8-2)38-6)34-17-21(16-32-34)29-19(4)28(35)24-15-18(3)14-23(30(24)39-29)20(5)33-25-13-10-9-12-22(25)31(36)37/h7-17,20,33H,1H2,2-6H3,(H,36,37)/b26-11+,27-8+. The number of methoxy groups -OCH3 is 1. The Balaban J connectivity index is 1.86. The number of anilines is 1. The zero-order chi connectivity index (χ0) is 28.3. The number of carbonyl (C=O) groups is 1. The van der Waals surface area contributed by atoms with Gasteiger partial charge in [0.25, 0.3) is 0 Å². The Morgan fingerprint density at radius 3 is 2.67 bits per heavy atom. The Labute approximate surface area is 226 Å². The van der Waals surface area contributed by atoms with Gasteiger partial charge in [-0.05, 0) is 63.6 Å². The van der Waals surface area contributed by atoms with E-state index in [1.165, 1.54) is 0 Å². The van der Waals surface area contributed by atoms with Crippen molar-refractivity contribution in [1.29, 1.82) is 0 Å². The number of allylic oxidation sites excluding steroid dienone is 4. The Kier molecular flexibility index (Phi) is 7.85. The molecule has 2 aromatic carbocycles. The van der Waals surface area contributed by atoms with Crippen LogP contribution in [-0.4, -0.2) is 28.0 Å². The van der Waals surface area contributed by atoms with Gasteiger partial charge in [0.05, 0.1) is 35.9 Å². The Morgan fingerprint density at radius 2 is 2.00 bits per heavy atom. The van der Waals surface area contributed by atoms with Gasteiger partial charge in [0.2, 0.25) is 0 Å². The lowest BCUT2D eigenvalue weighted by Crippen LogP contribution is -2.14. The van der Waals surface area contributed by atoms with Crippen molar-refractivity contribution in [1.82, 2.24) is 9.78 Å². The first-order valence-electron chi connectivity index (χ1n) is 12.5. The summed E-state index contributed by atoms with van der Waals surface area (Å²) >= 11 is 0. The molecule has 0 spiro atoms. The highest BCUT2D eigenvalue weighted by atomic mass is 16.5. The summed E-state index contributed by atoms with van der Waals surface area (Å²) in [4.78, 5) is 25.3. The van der Waals surface area contributed by atoms with Crippen LogP contribution < -0.4 is 10.7 Å². The third-order valence-corrected chi connectivity index (χ3v) is 6.49. The van der Waals surface area contributed by atoms with E-state index >= 15 is 0 Å². The Bertz CT molecular complexity index is 1690. The molecule has 2 N–H and O–H groups in total. The predicted molar refractivity (Wildman–Crippen MR) is 154 cm³/mol. The Morgan fingerprint density at radius 1 is 1.26 bits per heavy atom. The van der Waals surface area contributed by atoms with Crippen molar-refractivity contribution in [3.63, 3.8) is 0 Å². The van der Waals surface area contributed by atoms with Crippen LogP contribution in [0.3, 0.4) is 0 Å². The summed E-state index contributed by atoms with van der Waals surface area (Å²) < 4.78 is 13.6. The molecule has 2 heterocycles. The number of hydrogen-bond acceptors (Lipinski definition) is 6. The van der Waals surface area contributed by atoms with Crippen LogP contribution in [0.25, 0.3) is 28.0 Å². The van der Waals surface area contributed by atoms with Gasteiger partial charge in [0.15, 0.2) is 5.43 Å². The lowest BCUT2D eigenvalue weighted by Gasteiger charge is -2.19. The van der Waals surface area contributed by atoms with E-state index in [4.69, 9.17) is 9.15 Å². The van der Waals surface area contributed by atoms with Crippen LogP contribution in [0.2, 0.25) is 0 Å². The fourth-order valence-electron chi connectivity index (χ4n) is 4.60. The zero-order valence-electron chi connectivity index (χ0n) is 22.6. The maximum absolute atomic E-state index is 13.6. The van der Waals surface area contributed by atoms with Crippen LogP contribution in [0.1, 0.15) is 46.9 Å². The highest BCUT2D eigenvalue weighted by Crippen LogP contribution is 2.33. The first kappa shape index (κ1) is 27.2. The predicted octanol–water partition coefficient (Wildman–Crippen LogP) is 6.72. The second-order valence-electron chi connectivity index (χ2n) is 9.15. The first-order chi connectivity index (χ1) is 18.7. The maximum atomic E-state index is 13.6. The number of nitrogens with zero attached hydrogens (tertiary/aromatic N) is 2. The van der Waals surface area contributed by atoms with Gasteiger partial charge in [-0.1, -0.05) is 30.9 Å². The highest BCUT2D eigenvalue weighted by molar-refractivity contribution is 5.94. The minimum absolute atomic E-state index is 0.144.